The molecule has 0 unspecified atom stereocenters. The number of hydrogen-bond donors (Lipinski definition) is 2. The van der Waals surface area contributed by atoms with E-state index in [1.807, 2.05) is 6.07 Å². The normalized spacial score (nSPS) is 12.1. The van der Waals surface area contributed by atoms with Gasteiger partial charge in [-0.1, -0.05) is 62.4 Å². The fourth-order valence-electron chi connectivity index (χ4n) is 3.69. The Morgan fingerprint density at radius 3 is 2.34 bits per heavy atom. The van der Waals surface area contributed by atoms with Crippen molar-refractivity contribution in [1.82, 2.24) is 4.72 Å². The molecule has 1 aromatic carbocycles. The highest BCUT2D eigenvalue weighted by molar-refractivity contribution is 7.89. The van der Waals surface area contributed by atoms with E-state index in [9.17, 15) is 13.2 Å². The number of carboxylic acids is 1. The summed E-state index contributed by atoms with van der Waals surface area (Å²) in [6.45, 7) is 4.65. The fraction of sp³-hybridized carbons (Fsp3) is 0.269. The van der Waals surface area contributed by atoms with Gasteiger partial charge < -0.3 is 5.11 Å². The smallest absolute Gasteiger partial charge is 0.328 e. The molecule has 0 saturated carbocycles. The maximum Gasteiger partial charge on any atom is 0.328 e. The summed E-state index contributed by atoms with van der Waals surface area (Å²) >= 11 is 0. The van der Waals surface area contributed by atoms with Crippen molar-refractivity contribution >= 4 is 22.1 Å². The van der Waals surface area contributed by atoms with Crippen LogP contribution in [0, 0.1) is 0 Å². The number of aryl methyl sites for hydroxylation is 1. The standard InChI is InChI=1S/C26H29NO4S/c1-19(2)20-11-14-24-21(18-22(13-16-26(28)29)25(24)15-12-20)8-6-7-17-27-32(30,31)23-9-4-3-5-10-23/h3-5,9-16,18-19,27H,6-8,17H2,1-2H3,(H,28,29). The first-order valence-corrected chi connectivity index (χ1v) is 12.3. The second-order valence-corrected chi connectivity index (χ2v) is 9.88. The molecule has 0 aromatic heterocycles. The molecule has 0 spiro atoms. The molecule has 168 valence electrons. The molecule has 5 nitrogen and oxygen atoms in total. The van der Waals surface area contributed by atoms with Crippen LogP contribution in [0.1, 0.15) is 49.3 Å². The van der Waals surface area contributed by atoms with E-state index in [0.717, 1.165) is 41.2 Å². The largest absolute Gasteiger partial charge is 0.478 e. The fourth-order valence-corrected chi connectivity index (χ4v) is 4.79. The van der Waals surface area contributed by atoms with Crippen molar-refractivity contribution in [2.75, 3.05) is 6.54 Å². The second-order valence-electron chi connectivity index (χ2n) is 8.11. The van der Waals surface area contributed by atoms with Gasteiger partial charge in [0.15, 0.2) is 0 Å². The Kier molecular flexibility index (Phi) is 7.83. The monoisotopic (exact) mass is 451 g/mol. The van der Waals surface area contributed by atoms with Crippen LogP contribution in [-0.4, -0.2) is 26.0 Å². The number of fused-ring (bicyclic) bond motifs is 1. The first-order valence-electron chi connectivity index (χ1n) is 10.8. The zero-order chi connectivity index (χ0) is 23.1. The van der Waals surface area contributed by atoms with Crippen LogP contribution in [0.4, 0.5) is 0 Å². The highest BCUT2D eigenvalue weighted by atomic mass is 32.2. The van der Waals surface area contributed by atoms with E-state index < -0.39 is 16.0 Å². The van der Waals surface area contributed by atoms with E-state index >= 15 is 0 Å². The third-order valence-corrected chi connectivity index (χ3v) is 6.93. The predicted molar refractivity (Wildman–Crippen MR) is 128 cm³/mol. The maximum absolute atomic E-state index is 12.3. The summed E-state index contributed by atoms with van der Waals surface area (Å²) in [5, 5.41) is 9.03. The number of sulfonamides is 1. The molecule has 0 heterocycles. The average Bonchev–Trinajstić information content (AvgIpc) is 2.93. The van der Waals surface area contributed by atoms with Crippen LogP contribution in [0.25, 0.3) is 17.2 Å². The Morgan fingerprint density at radius 1 is 1.00 bits per heavy atom. The molecular weight excluding hydrogens is 422 g/mol. The molecule has 0 radical (unpaired) electrons. The number of aliphatic carboxylic acids is 1. The topological polar surface area (TPSA) is 83.5 Å². The summed E-state index contributed by atoms with van der Waals surface area (Å²) in [6, 6.07) is 18.8. The lowest BCUT2D eigenvalue weighted by molar-refractivity contribution is -0.131. The summed E-state index contributed by atoms with van der Waals surface area (Å²) in [5.41, 5.74) is 5.37. The molecule has 6 heteroatoms. The molecule has 3 rings (SSSR count). The Balaban J connectivity index is 1.70. The minimum atomic E-state index is -3.49. The van der Waals surface area contributed by atoms with E-state index in [0.29, 0.717) is 18.9 Å². The van der Waals surface area contributed by atoms with Crippen molar-refractivity contribution in [2.45, 2.75) is 43.9 Å². The number of nitrogens with one attached hydrogen (secondary N) is 1. The summed E-state index contributed by atoms with van der Waals surface area (Å²) in [4.78, 5) is 11.3. The van der Waals surface area contributed by atoms with Crippen LogP contribution >= 0.6 is 0 Å². The molecule has 32 heavy (non-hydrogen) atoms. The zero-order valence-corrected chi connectivity index (χ0v) is 19.2. The lowest BCUT2D eigenvalue weighted by atomic mass is 10.0. The average molecular weight is 452 g/mol. The molecule has 0 atom stereocenters. The lowest BCUT2D eigenvalue weighted by Crippen LogP contribution is -2.24. The van der Waals surface area contributed by atoms with Gasteiger partial charge in [-0.3, -0.25) is 0 Å². The Hall–Kier alpha value is -2.96. The van der Waals surface area contributed by atoms with E-state index in [4.69, 9.17) is 5.11 Å². The van der Waals surface area contributed by atoms with Gasteiger partial charge in [0.05, 0.1) is 4.90 Å². The Morgan fingerprint density at radius 2 is 1.69 bits per heavy atom. The molecule has 2 aliphatic carbocycles. The number of rotatable bonds is 10. The SMILES string of the molecule is CC(C)c1ccc2c(C=CC(=O)O)cc(CCCCNS(=O)(=O)c3ccccc3)c-2cc1. The van der Waals surface area contributed by atoms with Gasteiger partial charge >= 0.3 is 5.97 Å². The van der Waals surface area contributed by atoms with Crippen molar-refractivity contribution < 1.29 is 18.3 Å². The molecular formula is C26H29NO4S. The molecule has 0 fully saturated rings. The summed E-state index contributed by atoms with van der Waals surface area (Å²) in [5.74, 6) is -0.583. The molecule has 0 saturated heterocycles. The van der Waals surface area contributed by atoms with Gasteiger partial charge in [-0.2, -0.15) is 0 Å². The van der Waals surface area contributed by atoms with Crippen LogP contribution in [0.15, 0.2) is 71.6 Å². The van der Waals surface area contributed by atoms with E-state index in [1.165, 1.54) is 5.56 Å². The second kappa shape index (κ2) is 10.6. The molecule has 2 N–H and O–H groups in total. The van der Waals surface area contributed by atoms with Gasteiger partial charge in [-0.15, -0.1) is 0 Å². The molecule has 0 amide bonds. The van der Waals surface area contributed by atoms with Crippen molar-refractivity contribution in [3.63, 3.8) is 0 Å². The van der Waals surface area contributed by atoms with Crippen LogP contribution in [0.2, 0.25) is 0 Å². The number of hydrogen-bond acceptors (Lipinski definition) is 3. The van der Waals surface area contributed by atoms with Gasteiger partial charge in [0.25, 0.3) is 0 Å². The van der Waals surface area contributed by atoms with Crippen LogP contribution in [0.3, 0.4) is 0 Å². The Labute approximate surface area is 190 Å². The van der Waals surface area contributed by atoms with Crippen molar-refractivity contribution in [2.24, 2.45) is 0 Å². The zero-order valence-electron chi connectivity index (χ0n) is 18.4. The first kappa shape index (κ1) is 23.7. The summed E-state index contributed by atoms with van der Waals surface area (Å²) in [7, 11) is -3.49. The molecule has 0 bridgehead atoms. The van der Waals surface area contributed by atoms with Crippen molar-refractivity contribution in [3.05, 3.63) is 83.4 Å². The van der Waals surface area contributed by atoms with Gasteiger partial charge in [-0.25, -0.2) is 17.9 Å². The quantitative estimate of drug-likeness (QED) is 0.323. The van der Waals surface area contributed by atoms with Crippen LogP contribution in [0.5, 0.6) is 0 Å². The third kappa shape index (κ3) is 6.05. The van der Waals surface area contributed by atoms with E-state index in [-0.39, 0.29) is 4.90 Å². The molecule has 1 aromatic rings. The number of carboxylic acid groups (broad SMARTS) is 1. The minimum Gasteiger partial charge on any atom is -0.478 e. The van der Waals surface area contributed by atoms with Gasteiger partial charge in [0.1, 0.15) is 0 Å². The Bertz CT molecular complexity index is 1170. The van der Waals surface area contributed by atoms with Crippen LogP contribution in [-0.2, 0) is 21.2 Å². The maximum atomic E-state index is 12.3. The lowest BCUT2D eigenvalue weighted by Gasteiger charge is -2.07. The van der Waals surface area contributed by atoms with Gasteiger partial charge in [0.2, 0.25) is 10.0 Å². The van der Waals surface area contributed by atoms with Crippen molar-refractivity contribution in [1.29, 1.82) is 0 Å². The summed E-state index contributed by atoms with van der Waals surface area (Å²) in [6.07, 6.45) is 5.10. The summed E-state index contributed by atoms with van der Waals surface area (Å²) < 4.78 is 27.3. The minimum absolute atomic E-state index is 0.269. The highest BCUT2D eigenvalue weighted by Crippen LogP contribution is 2.34. The molecule has 0 aliphatic heterocycles. The van der Waals surface area contributed by atoms with E-state index in [1.54, 1.807) is 36.4 Å². The number of benzene rings is 1. The van der Waals surface area contributed by atoms with Crippen LogP contribution < -0.4 is 4.72 Å². The van der Waals surface area contributed by atoms with Gasteiger partial charge in [-0.05, 0) is 71.2 Å². The number of unbranched alkanes of at least 4 members (excludes halogenated alkanes) is 1. The first-order chi connectivity index (χ1) is 15.3. The van der Waals surface area contributed by atoms with E-state index in [2.05, 4.69) is 42.8 Å². The third-order valence-electron chi connectivity index (χ3n) is 5.45. The van der Waals surface area contributed by atoms with Crippen molar-refractivity contribution in [3.8, 4) is 11.1 Å². The number of carbonyl (C=O) groups is 1. The predicted octanol–water partition coefficient (Wildman–Crippen LogP) is 5.31. The molecule has 2 aliphatic rings. The van der Waals surface area contributed by atoms with Gasteiger partial charge in [0, 0.05) is 12.6 Å². The highest BCUT2D eigenvalue weighted by Gasteiger charge is 2.15.